The number of esters is 3. The van der Waals surface area contributed by atoms with Crippen LogP contribution in [0.15, 0.2) is 30.5 Å². The summed E-state index contributed by atoms with van der Waals surface area (Å²) in [4.78, 5) is 41.8. The summed E-state index contributed by atoms with van der Waals surface area (Å²) in [5.74, 6) is 0.947. The predicted molar refractivity (Wildman–Crippen MR) is 205 cm³/mol. The van der Waals surface area contributed by atoms with Crippen LogP contribution in [0.5, 0.6) is 0 Å². The quantitative estimate of drug-likeness (QED) is 0.113. The second-order valence-corrected chi connectivity index (χ2v) is 17.3. The summed E-state index contributed by atoms with van der Waals surface area (Å²) in [7, 11) is 1.44. The van der Waals surface area contributed by atoms with Gasteiger partial charge in [0.1, 0.15) is 12.2 Å². The normalized spacial score (nSPS) is 33.9. The number of halogens is 1. The van der Waals surface area contributed by atoms with Gasteiger partial charge in [0.2, 0.25) is 0 Å². The van der Waals surface area contributed by atoms with Gasteiger partial charge < -0.3 is 29.6 Å². The Bertz CT molecular complexity index is 1620. The number of anilines is 1. The number of rotatable bonds is 14. The standard InChI is InChI=1S/C42H60ClN3O7/c1-25(7-12-39(49)50-6)32-10-11-33-40-34(24-38(42(32,33)5)53-27(3)48)41(4)15-13-30(21-28(41)22-37(40)52-26(2)47)51-20-19-44-17-18-46-35-14-16-45-36-23-29(43)8-9-31(35)36/h8-9,14,16,23,25,28,30,32-34,37-38,40,44H,7,10-13,15,17-22,24H2,1-6H3,(H,45,46)/t25-,28+,30-,32-,33+,34+,37-,38+,40+,41+,42-/m1/s1. The predicted octanol–water partition coefficient (Wildman–Crippen LogP) is 7.61. The Balaban J connectivity index is 1.08. The molecule has 2 N–H and O–H groups in total. The molecule has 11 atom stereocenters. The Morgan fingerprint density at radius 2 is 1.77 bits per heavy atom. The van der Waals surface area contributed by atoms with Gasteiger partial charge in [0.25, 0.3) is 0 Å². The Labute approximate surface area is 320 Å². The fourth-order valence-corrected chi connectivity index (χ4v) is 11.7. The minimum atomic E-state index is -0.271. The van der Waals surface area contributed by atoms with E-state index in [4.69, 9.17) is 30.5 Å². The molecule has 0 spiro atoms. The first kappa shape index (κ1) is 39.7. The van der Waals surface area contributed by atoms with Crippen LogP contribution in [0.4, 0.5) is 5.69 Å². The first-order valence-electron chi connectivity index (χ1n) is 19.9. The van der Waals surface area contributed by atoms with Crippen LogP contribution < -0.4 is 10.6 Å². The molecule has 0 amide bonds. The number of ether oxygens (including phenoxy) is 4. The van der Waals surface area contributed by atoms with Gasteiger partial charge in [-0.2, -0.15) is 0 Å². The zero-order chi connectivity index (χ0) is 37.9. The highest BCUT2D eigenvalue weighted by molar-refractivity contribution is 6.31. The molecule has 1 aromatic carbocycles. The number of carbonyl (C=O) groups excluding carboxylic acids is 3. The van der Waals surface area contributed by atoms with Crippen molar-refractivity contribution in [3.05, 3.63) is 35.5 Å². The SMILES string of the molecule is COC(=O)CC[C@@H](C)[C@H]1CC[C@H]2[C@@H]3[C@H](OC(C)=O)C[C@@H]4C[C@H](OCCNCCNc5ccnc6cc(Cl)ccc56)CC[C@]4(C)[C@H]3C[C@H](OC(C)=O)[C@]12C. The van der Waals surface area contributed by atoms with Crippen molar-refractivity contribution in [2.24, 2.45) is 46.3 Å². The Morgan fingerprint density at radius 3 is 2.53 bits per heavy atom. The average Bonchev–Trinajstić information content (AvgIpc) is 3.48. The Morgan fingerprint density at radius 1 is 0.981 bits per heavy atom. The van der Waals surface area contributed by atoms with Gasteiger partial charge >= 0.3 is 17.9 Å². The zero-order valence-electron chi connectivity index (χ0n) is 32.5. The van der Waals surface area contributed by atoms with E-state index in [1.807, 2.05) is 24.3 Å². The second kappa shape index (κ2) is 16.8. The molecule has 1 aromatic heterocycles. The third kappa shape index (κ3) is 8.35. The molecule has 4 fully saturated rings. The molecule has 4 saturated carbocycles. The summed E-state index contributed by atoms with van der Waals surface area (Å²) < 4.78 is 24.0. The number of aromatic nitrogens is 1. The van der Waals surface area contributed by atoms with E-state index in [9.17, 15) is 14.4 Å². The van der Waals surface area contributed by atoms with Crippen LogP contribution in [0.1, 0.15) is 92.4 Å². The summed E-state index contributed by atoms with van der Waals surface area (Å²) in [6.07, 6.45) is 9.25. The third-order valence-electron chi connectivity index (χ3n) is 14.1. The molecule has 0 radical (unpaired) electrons. The zero-order valence-corrected chi connectivity index (χ0v) is 33.2. The van der Waals surface area contributed by atoms with E-state index in [1.54, 1.807) is 6.20 Å². The maximum absolute atomic E-state index is 12.7. The molecule has 292 valence electrons. The number of carbonyl (C=O) groups is 3. The lowest BCUT2D eigenvalue weighted by molar-refractivity contribution is -0.224. The Kier molecular flexibility index (Phi) is 12.6. The van der Waals surface area contributed by atoms with Crippen LogP contribution in [0, 0.1) is 46.3 Å². The molecule has 11 heteroatoms. The largest absolute Gasteiger partial charge is 0.469 e. The highest BCUT2D eigenvalue weighted by Crippen LogP contribution is 2.69. The molecule has 0 unspecified atom stereocenters. The van der Waals surface area contributed by atoms with Crippen molar-refractivity contribution in [3.63, 3.8) is 0 Å². The van der Waals surface area contributed by atoms with Gasteiger partial charge in [-0.3, -0.25) is 19.4 Å². The monoisotopic (exact) mass is 753 g/mol. The minimum Gasteiger partial charge on any atom is -0.469 e. The average molecular weight is 754 g/mol. The van der Waals surface area contributed by atoms with E-state index in [-0.39, 0.29) is 76.6 Å². The number of fused-ring (bicyclic) bond motifs is 6. The minimum absolute atomic E-state index is 0.0296. The highest BCUT2D eigenvalue weighted by Gasteiger charge is 2.67. The van der Waals surface area contributed by atoms with Crippen molar-refractivity contribution in [2.75, 3.05) is 38.7 Å². The smallest absolute Gasteiger partial charge is 0.305 e. The molecule has 6 rings (SSSR count). The van der Waals surface area contributed by atoms with E-state index in [1.165, 1.54) is 21.0 Å². The maximum atomic E-state index is 12.7. The highest BCUT2D eigenvalue weighted by atomic mass is 35.5. The van der Waals surface area contributed by atoms with Gasteiger partial charge in [-0.25, -0.2) is 0 Å². The Hall–Kier alpha value is -2.95. The number of nitrogens with zero attached hydrogens (tertiary/aromatic N) is 1. The van der Waals surface area contributed by atoms with Crippen molar-refractivity contribution in [3.8, 4) is 0 Å². The van der Waals surface area contributed by atoms with Crippen molar-refractivity contribution < 1.29 is 33.3 Å². The van der Waals surface area contributed by atoms with Gasteiger partial charge in [0.15, 0.2) is 0 Å². The number of hydrogen-bond acceptors (Lipinski definition) is 10. The molecule has 0 aliphatic heterocycles. The van der Waals surface area contributed by atoms with E-state index in [0.29, 0.717) is 24.0 Å². The lowest BCUT2D eigenvalue weighted by Crippen LogP contribution is -2.63. The third-order valence-corrected chi connectivity index (χ3v) is 14.3. The van der Waals surface area contributed by atoms with E-state index in [2.05, 4.69) is 36.4 Å². The maximum Gasteiger partial charge on any atom is 0.305 e. The first-order valence-corrected chi connectivity index (χ1v) is 20.2. The van der Waals surface area contributed by atoms with Crippen LogP contribution >= 0.6 is 11.6 Å². The molecule has 2 aromatic rings. The molecule has 10 nitrogen and oxygen atoms in total. The molecular formula is C42H60ClN3O7. The molecule has 1 heterocycles. The van der Waals surface area contributed by atoms with Gasteiger partial charge in [-0.15, -0.1) is 0 Å². The molecular weight excluding hydrogens is 694 g/mol. The number of pyridine rings is 1. The van der Waals surface area contributed by atoms with E-state index in [0.717, 1.165) is 87.6 Å². The van der Waals surface area contributed by atoms with E-state index < -0.39 is 0 Å². The summed E-state index contributed by atoms with van der Waals surface area (Å²) in [5.41, 5.74) is 1.67. The summed E-state index contributed by atoms with van der Waals surface area (Å²) in [5, 5.41) is 8.74. The summed E-state index contributed by atoms with van der Waals surface area (Å²) in [6.45, 7) is 13.0. The first-order chi connectivity index (χ1) is 25.3. The van der Waals surface area contributed by atoms with Crippen LogP contribution in [0.2, 0.25) is 5.02 Å². The summed E-state index contributed by atoms with van der Waals surface area (Å²) >= 11 is 6.14. The van der Waals surface area contributed by atoms with Crippen LogP contribution in [0.25, 0.3) is 10.9 Å². The topological polar surface area (TPSA) is 125 Å². The van der Waals surface area contributed by atoms with Crippen molar-refractivity contribution in [1.82, 2.24) is 10.3 Å². The number of hydrogen-bond donors (Lipinski definition) is 2. The van der Waals surface area contributed by atoms with Crippen molar-refractivity contribution >= 4 is 46.1 Å². The number of benzene rings is 1. The van der Waals surface area contributed by atoms with Gasteiger partial charge in [0.05, 0.1) is 25.3 Å². The van der Waals surface area contributed by atoms with Gasteiger partial charge in [-0.1, -0.05) is 32.4 Å². The van der Waals surface area contributed by atoms with E-state index >= 15 is 0 Å². The molecule has 0 bridgehead atoms. The molecule has 4 aliphatic rings. The molecule has 4 aliphatic carbocycles. The molecule has 53 heavy (non-hydrogen) atoms. The lowest BCUT2D eigenvalue weighted by Gasteiger charge is -2.64. The molecule has 0 saturated heterocycles. The second-order valence-electron chi connectivity index (χ2n) is 16.8. The van der Waals surface area contributed by atoms with Crippen molar-refractivity contribution in [1.29, 1.82) is 0 Å². The van der Waals surface area contributed by atoms with Crippen LogP contribution in [0.3, 0.4) is 0 Å². The fraction of sp³-hybridized carbons (Fsp3) is 0.714. The fourth-order valence-electron chi connectivity index (χ4n) is 11.6. The lowest BCUT2D eigenvalue weighted by atomic mass is 9.43. The van der Waals surface area contributed by atoms with Crippen molar-refractivity contribution in [2.45, 2.75) is 111 Å². The van der Waals surface area contributed by atoms with Crippen LogP contribution in [-0.2, 0) is 33.3 Å². The summed E-state index contributed by atoms with van der Waals surface area (Å²) in [6, 6.07) is 7.74. The van der Waals surface area contributed by atoms with Gasteiger partial charge in [0, 0.05) is 73.5 Å². The number of methoxy groups -OCH3 is 1. The van der Waals surface area contributed by atoms with Gasteiger partial charge in [-0.05, 0) is 111 Å². The number of nitrogens with one attached hydrogen (secondary N) is 2. The van der Waals surface area contributed by atoms with Crippen LogP contribution in [-0.4, -0.2) is 74.6 Å².